The molecular weight excluding hydrogens is 339 g/mol. The van der Waals surface area contributed by atoms with Crippen LogP contribution in [0, 0.1) is 5.82 Å². The number of likely N-dealkylation sites (N-methyl/N-ethyl adjacent to an activating group) is 1. The van der Waals surface area contributed by atoms with Gasteiger partial charge in [-0.25, -0.2) is 4.39 Å². The third-order valence-electron chi connectivity index (χ3n) is 3.13. The molecule has 0 bridgehead atoms. The van der Waals surface area contributed by atoms with Crippen LogP contribution in [0.2, 0.25) is 0 Å². The second kappa shape index (κ2) is 6.87. The standard InChI is InChI=1S/C15H16BrFN2O2/c1-19(2)12(10-3-5-11(17)6-4-10)9-18-15(20)13-7-8-14(16)21-13/h3-8,12H,9H2,1-2H3,(H,18,20). The van der Waals surface area contributed by atoms with Crippen LogP contribution in [-0.4, -0.2) is 31.4 Å². The zero-order chi connectivity index (χ0) is 15.4. The molecule has 0 aliphatic rings. The van der Waals surface area contributed by atoms with E-state index in [2.05, 4.69) is 21.2 Å². The minimum atomic E-state index is -0.283. The lowest BCUT2D eigenvalue weighted by Gasteiger charge is -2.25. The van der Waals surface area contributed by atoms with Crippen molar-refractivity contribution in [3.8, 4) is 0 Å². The van der Waals surface area contributed by atoms with Crippen molar-refractivity contribution in [1.29, 1.82) is 0 Å². The summed E-state index contributed by atoms with van der Waals surface area (Å²) >= 11 is 3.16. The van der Waals surface area contributed by atoms with E-state index in [-0.39, 0.29) is 23.5 Å². The number of rotatable bonds is 5. The van der Waals surface area contributed by atoms with E-state index in [0.717, 1.165) is 5.56 Å². The molecule has 0 aliphatic carbocycles. The number of benzene rings is 1. The zero-order valence-corrected chi connectivity index (χ0v) is 13.4. The van der Waals surface area contributed by atoms with Gasteiger partial charge in [0.1, 0.15) is 5.82 Å². The number of carbonyl (C=O) groups is 1. The van der Waals surface area contributed by atoms with Crippen molar-refractivity contribution in [3.63, 3.8) is 0 Å². The predicted molar refractivity (Wildman–Crippen MR) is 81.6 cm³/mol. The fourth-order valence-electron chi connectivity index (χ4n) is 2.00. The fourth-order valence-corrected chi connectivity index (χ4v) is 2.30. The third kappa shape index (κ3) is 4.15. The molecule has 0 fully saturated rings. The molecule has 1 aromatic carbocycles. The Balaban J connectivity index is 2.03. The SMILES string of the molecule is CN(C)C(CNC(=O)c1ccc(Br)o1)c1ccc(F)cc1. The minimum Gasteiger partial charge on any atom is -0.444 e. The molecule has 1 unspecified atom stereocenters. The van der Waals surface area contributed by atoms with Crippen LogP contribution in [0.3, 0.4) is 0 Å². The molecule has 2 rings (SSSR count). The molecule has 0 radical (unpaired) electrons. The summed E-state index contributed by atoms with van der Waals surface area (Å²) in [5.74, 6) is -0.311. The fraction of sp³-hybridized carbons (Fsp3) is 0.267. The number of carbonyl (C=O) groups excluding carboxylic acids is 1. The molecule has 0 saturated heterocycles. The van der Waals surface area contributed by atoms with Crippen LogP contribution in [0.5, 0.6) is 0 Å². The molecule has 6 heteroatoms. The van der Waals surface area contributed by atoms with Crippen molar-refractivity contribution in [1.82, 2.24) is 10.2 Å². The van der Waals surface area contributed by atoms with Gasteiger partial charge >= 0.3 is 0 Å². The van der Waals surface area contributed by atoms with E-state index in [0.29, 0.717) is 11.2 Å². The number of hydrogen-bond donors (Lipinski definition) is 1. The Morgan fingerprint density at radius 3 is 2.48 bits per heavy atom. The van der Waals surface area contributed by atoms with E-state index < -0.39 is 0 Å². The maximum absolute atomic E-state index is 13.0. The highest BCUT2D eigenvalue weighted by atomic mass is 79.9. The summed E-state index contributed by atoms with van der Waals surface area (Å²) in [4.78, 5) is 13.9. The van der Waals surface area contributed by atoms with Crippen LogP contribution in [0.25, 0.3) is 0 Å². The molecule has 0 aliphatic heterocycles. The summed E-state index contributed by atoms with van der Waals surface area (Å²) in [5, 5.41) is 2.82. The van der Waals surface area contributed by atoms with E-state index in [4.69, 9.17) is 4.42 Å². The lowest BCUT2D eigenvalue weighted by molar-refractivity contribution is 0.0913. The third-order valence-corrected chi connectivity index (χ3v) is 3.56. The zero-order valence-electron chi connectivity index (χ0n) is 11.8. The van der Waals surface area contributed by atoms with E-state index >= 15 is 0 Å². The minimum absolute atomic E-state index is 0.0482. The molecule has 1 N–H and O–H groups in total. The van der Waals surface area contributed by atoms with Crippen molar-refractivity contribution in [2.45, 2.75) is 6.04 Å². The maximum Gasteiger partial charge on any atom is 0.287 e. The Labute approximate surface area is 131 Å². The smallest absolute Gasteiger partial charge is 0.287 e. The number of halogens is 2. The van der Waals surface area contributed by atoms with Crippen molar-refractivity contribution >= 4 is 21.8 Å². The van der Waals surface area contributed by atoms with Gasteiger partial charge in [0, 0.05) is 6.54 Å². The van der Waals surface area contributed by atoms with Gasteiger partial charge in [0.15, 0.2) is 10.4 Å². The molecule has 4 nitrogen and oxygen atoms in total. The lowest BCUT2D eigenvalue weighted by atomic mass is 10.1. The van der Waals surface area contributed by atoms with Gasteiger partial charge in [0.05, 0.1) is 6.04 Å². The Morgan fingerprint density at radius 2 is 1.95 bits per heavy atom. The van der Waals surface area contributed by atoms with Crippen LogP contribution in [0.4, 0.5) is 4.39 Å². The molecule has 0 spiro atoms. The molecule has 2 aromatic rings. The van der Waals surface area contributed by atoms with Gasteiger partial charge in [-0.2, -0.15) is 0 Å². The Bertz CT molecular complexity index is 610. The molecule has 1 atom stereocenters. The van der Waals surface area contributed by atoms with E-state index in [9.17, 15) is 9.18 Å². The van der Waals surface area contributed by atoms with Crippen molar-refractivity contribution in [2.75, 3.05) is 20.6 Å². The normalized spacial score (nSPS) is 12.4. The van der Waals surface area contributed by atoms with Crippen LogP contribution in [0.15, 0.2) is 45.5 Å². The number of nitrogens with one attached hydrogen (secondary N) is 1. The quantitative estimate of drug-likeness (QED) is 0.896. The number of hydrogen-bond acceptors (Lipinski definition) is 3. The summed E-state index contributed by atoms with van der Waals surface area (Å²) in [6.07, 6.45) is 0. The molecule has 1 heterocycles. The van der Waals surface area contributed by atoms with Gasteiger partial charge in [-0.15, -0.1) is 0 Å². The second-order valence-electron chi connectivity index (χ2n) is 4.84. The number of furan rings is 1. The summed E-state index contributed by atoms with van der Waals surface area (Å²) in [6.45, 7) is 0.399. The Morgan fingerprint density at radius 1 is 1.29 bits per heavy atom. The predicted octanol–water partition coefficient (Wildman–Crippen LogP) is 3.21. The van der Waals surface area contributed by atoms with Gasteiger partial charge < -0.3 is 14.6 Å². The molecule has 21 heavy (non-hydrogen) atoms. The first-order valence-corrected chi connectivity index (χ1v) is 7.22. The van der Waals surface area contributed by atoms with Crippen molar-refractivity contribution in [3.05, 3.63) is 58.2 Å². The highest BCUT2D eigenvalue weighted by Crippen LogP contribution is 2.18. The van der Waals surface area contributed by atoms with E-state index in [1.165, 1.54) is 12.1 Å². The first kappa shape index (κ1) is 15.7. The molecular formula is C15H16BrFN2O2. The Kier molecular flexibility index (Phi) is 5.14. The average Bonchev–Trinajstić information content (AvgIpc) is 2.87. The van der Waals surface area contributed by atoms with E-state index in [1.807, 2.05) is 19.0 Å². The average molecular weight is 355 g/mol. The highest BCUT2D eigenvalue weighted by molar-refractivity contribution is 9.10. The number of nitrogens with zero attached hydrogens (tertiary/aromatic N) is 1. The van der Waals surface area contributed by atoms with Crippen molar-refractivity contribution in [2.24, 2.45) is 0 Å². The van der Waals surface area contributed by atoms with Crippen molar-refractivity contribution < 1.29 is 13.6 Å². The van der Waals surface area contributed by atoms with Gasteiger partial charge in [-0.3, -0.25) is 4.79 Å². The van der Waals surface area contributed by atoms with Crippen LogP contribution in [0.1, 0.15) is 22.2 Å². The van der Waals surface area contributed by atoms with Crippen LogP contribution < -0.4 is 5.32 Å². The highest BCUT2D eigenvalue weighted by Gasteiger charge is 2.17. The monoisotopic (exact) mass is 354 g/mol. The molecule has 1 aromatic heterocycles. The first-order valence-electron chi connectivity index (χ1n) is 6.43. The molecule has 112 valence electrons. The molecule has 0 saturated carbocycles. The van der Waals surface area contributed by atoms with Crippen LogP contribution >= 0.6 is 15.9 Å². The first-order chi connectivity index (χ1) is 9.97. The van der Waals surface area contributed by atoms with E-state index in [1.54, 1.807) is 24.3 Å². The second-order valence-corrected chi connectivity index (χ2v) is 5.63. The number of amides is 1. The van der Waals surface area contributed by atoms with Crippen LogP contribution in [-0.2, 0) is 0 Å². The van der Waals surface area contributed by atoms with Gasteiger partial charge in [-0.05, 0) is 59.9 Å². The summed E-state index contributed by atoms with van der Waals surface area (Å²) in [5.41, 5.74) is 0.933. The molecule has 1 amide bonds. The van der Waals surface area contributed by atoms with Gasteiger partial charge in [0.25, 0.3) is 5.91 Å². The Hall–Kier alpha value is -1.66. The topological polar surface area (TPSA) is 45.5 Å². The summed E-state index contributed by atoms with van der Waals surface area (Å²) in [7, 11) is 3.81. The van der Waals surface area contributed by atoms with Gasteiger partial charge in [-0.1, -0.05) is 12.1 Å². The largest absolute Gasteiger partial charge is 0.444 e. The lowest BCUT2D eigenvalue weighted by Crippen LogP contribution is -2.34. The summed E-state index contributed by atoms with van der Waals surface area (Å²) < 4.78 is 18.7. The van der Waals surface area contributed by atoms with Gasteiger partial charge in [0.2, 0.25) is 0 Å². The maximum atomic E-state index is 13.0. The summed E-state index contributed by atoms with van der Waals surface area (Å²) in [6, 6.07) is 9.48.